The summed E-state index contributed by atoms with van der Waals surface area (Å²) in [6.45, 7) is 0. The Morgan fingerprint density at radius 1 is 1.07 bits per heavy atom. The van der Waals surface area contributed by atoms with Gasteiger partial charge in [0.15, 0.2) is 0 Å². The Balaban J connectivity index is 2.03. The third kappa shape index (κ3) is 3.48. The topological polar surface area (TPSA) is 92.5 Å². The molecule has 0 amide bonds. The fraction of sp³-hybridized carbons (Fsp3) is 0.100. The van der Waals surface area contributed by atoms with Crippen molar-refractivity contribution >= 4 is 17.4 Å². The number of rotatable bonds is 4. The smallest absolute Gasteiger partial charge is 0.384 e. The van der Waals surface area contributed by atoms with E-state index in [4.69, 9.17) is 17.3 Å². The Morgan fingerprint density at radius 3 is 2.30 bits per heavy atom. The fourth-order valence-electron chi connectivity index (χ4n) is 3.39. The van der Waals surface area contributed by atoms with Crippen LogP contribution in [0.4, 0.5) is 19.0 Å². The molecule has 0 saturated carbocycles. The van der Waals surface area contributed by atoms with Gasteiger partial charge in [-0.1, -0.05) is 41.9 Å². The lowest BCUT2D eigenvalue weighted by atomic mass is 9.86. The van der Waals surface area contributed by atoms with E-state index in [1.807, 2.05) is 0 Å². The number of para-hydroxylation sites is 1. The van der Waals surface area contributed by atoms with Gasteiger partial charge in [0, 0.05) is 16.5 Å². The van der Waals surface area contributed by atoms with E-state index < -0.39 is 28.9 Å². The Labute approximate surface area is 173 Å². The summed E-state index contributed by atoms with van der Waals surface area (Å²) in [7, 11) is 0. The Kier molecular flexibility index (Phi) is 4.90. The number of H-pyrrole nitrogens is 2. The number of nitrogens with two attached hydrogens (primary N) is 1. The Bertz CT molecular complexity index is 1230. The zero-order valence-electron chi connectivity index (χ0n) is 15.2. The molecule has 1 atom stereocenters. The Morgan fingerprint density at radius 2 is 1.73 bits per heavy atom. The van der Waals surface area contributed by atoms with Crippen LogP contribution >= 0.6 is 11.6 Å². The lowest BCUT2D eigenvalue weighted by molar-refractivity contribution is -0.142. The van der Waals surface area contributed by atoms with Crippen LogP contribution in [-0.2, 0) is 6.18 Å². The highest BCUT2D eigenvalue weighted by Gasteiger charge is 2.41. The molecule has 4 aromatic rings. The molecule has 2 aromatic carbocycles. The highest BCUT2D eigenvalue weighted by Crippen LogP contribution is 2.40. The highest BCUT2D eigenvalue weighted by molar-refractivity contribution is 6.30. The minimum Gasteiger partial charge on any atom is -0.384 e. The number of halogens is 4. The molecule has 6 nitrogen and oxygen atoms in total. The number of benzene rings is 2. The van der Waals surface area contributed by atoms with Gasteiger partial charge in [-0.2, -0.15) is 18.3 Å². The van der Waals surface area contributed by atoms with Gasteiger partial charge in [0.25, 0.3) is 5.56 Å². The van der Waals surface area contributed by atoms with Gasteiger partial charge in [0.2, 0.25) is 0 Å². The van der Waals surface area contributed by atoms with Crippen LogP contribution in [0.5, 0.6) is 0 Å². The SMILES string of the molecule is Nc1[nH]ncc1C(c1ccc(Cl)cc1)c1c(C(F)(F)F)[nH]n(-c2ccccc2)c1=O. The largest absolute Gasteiger partial charge is 0.433 e. The van der Waals surface area contributed by atoms with Crippen molar-refractivity contribution in [2.75, 3.05) is 5.73 Å². The van der Waals surface area contributed by atoms with Crippen LogP contribution < -0.4 is 11.3 Å². The van der Waals surface area contributed by atoms with Gasteiger partial charge in [0.05, 0.1) is 17.4 Å². The number of anilines is 1. The van der Waals surface area contributed by atoms with E-state index in [1.165, 1.54) is 30.5 Å². The van der Waals surface area contributed by atoms with E-state index >= 15 is 0 Å². The monoisotopic (exact) mass is 433 g/mol. The molecule has 10 heteroatoms. The van der Waals surface area contributed by atoms with E-state index in [0.29, 0.717) is 10.6 Å². The molecule has 30 heavy (non-hydrogen) atoms. The average molecular weight is 434 g/mol. The van der Waals surface area contributed by atoms with Crippen LogP contribution in [0.3, 0.4) is 0 Å². The van der Waals surface area contributed by atoms with Crippen molar-refractivity contribution in [2.24, 2.45) is 0 Å². The predicted octanol–water partition coefficient (Wildman–Crippen LogP) is 4.32. The minimum atomic E-state index is -4.81. The maximum absolute atomic E-state index is 14.0. The minimum absolute atomic E-state index is 0.0648. The molecule has 4 rings (SSSR count). The van der Waals surface area contributed by atoms with E-state index in [-0.39, 0.29) is 17.1 Å². The van der Waals surface area contributed by atoms with Crippen molar-refractivity contribution in [2.45, 2.75) is 12.1 Å². The van der Waals surface area contributed by atoms with Crippen LogP contribution in [0.25, 0.3) is 5.69 Å². The van der Waals surface area contributed by atoms with Gasteiger partial charge in [-0.15, -0.1) is 0 Å². The van der Waals surface area contributed by atoms with Gasteiger partial charge in [-0.3, -0.25) is 15.0 Å². The molecular formula is C20H15ClF3N5O. The molecule has 154 valence electrons. The molecule has 0 aliphatic rings. The quantitative estimate of drug-likeness (QED) is 0.447. The van der Waals surface area contributed by atoms with Crippen molar-refractivity contribution in [3.8, 4) is 5.69 Å². The van der Waals surface area contributed by atoms with Crippen LogP contribution in [0, 0.1) is 0 Å². The average Bonchev–Trinajstić information content (AvgIpc) is 3.28. The van der Waals surface area contributed by atoms with E-state index in [9.17, 15) is 18.0 Å². The number of nitrogens with one attached hydrogen (secondary N) is 2. The highest BCUT2D eigenvalue weighted by atomic mass is 35.5. The second-order valence-electron chi connectivity index (χ2n) is 6.60. The summed E-state index contributed by atoms with van der Waals surface area (Å²) in [5.74, 6) is -1.05. The number of hydrogen-bond donors (Lipinski definition) is 3. The summed E-state index contributed by atoms with van der Waals surface area (Å²) in [6.07, 6.45) is -3.49. The van der Waals surface area contributed by atoms with Crippen molar-refractivity contribution in [3.05, 3.63) is 98.6 Å². The van der Waals surface area contributed by atoms with Crippen molar-refractivity contribution in [3.63, 3.8) is 0 Å². The van der Waals surface area contributed by atoms with E-state index in [0.717, 1.165) is 4.68 Å². The van der Waals surface area contributed by atoms with Crippen LogP contribution in [0.1, 0.15) is 28.3 Å². The number of nitrogens with zero attached hydrogens (tertiary/aromatic N) is 2. The number of alkyl halides is 3. The summed E-state index contributed by atoms with van der Waals surface area (Å²) in [5.41, 5.74) is 4.38. The van der Waals surface area contributed by atoms with Crippen molar-refractivity contribution in [1.29, 1.82) is 0 Å². The van der Waals surface area contributed by atoms with Gasteiger partial charge in [-0.25, -0.2) is 4.68 Å². The van der Waals surface area contributed by atoms with E-state index in [2.05, 4.69) is 15.3 Å². The fourth-order valence-corrected chi connectivity index (χ4v) is 3.51. The molecular weight excluding hydrogens is 419 g/mol. The van der Waals surface area contributed by atoms with Crippen LogP contribution in [0.2, 0.25) is 5.02 Å². The van der Waals surface area contributed by atoms with E-state index in [1.54, 1.807) is 30.3 Å². The van der Waals surface area contributed by atoms with Gasteiger partial charge >= 0.3 is 6.18 Å². The normalized spacial score (nSPS) is 12.8. The molecule has 2 aromatic heterocycles. The molecule has 0 fully saturated rings. The molecule has 0 aliphatic carbocycles. The predicted molar refractivity (Wildman–Crippen MR) is 107 cm³/mol. The van der Waals surface area contributed by atoms with Crippen molar-refractivity contribution < 1.29 is 13.2 Å². The molecule has 1 unspecified atom stereocenters. The maximum Gasteiger partial charge on any atom is 0.433 e. The van der Waals surface area contributed by atoms with Gasteiger partial charge in [0.1, 0.15) is 11.5 Å². The van der Waals surface area contributed by atoms with Crippen molar-refractivity contribution in [1.82, 2.24) is 20.0 Å². The van der Waals surface area contributed by atoms with Gasteiger partial charge < -0.3 is 5.73 Å². The third-order valence-electron chi connectivity index (χ3n) is 4.73. The number of nitrogen functional groups attached to an aromatic ring is 1. The zero-order chi connectivity index (χ0) is 21.5. The second-order valence-corrected chi connectivity index (χ2v) is 7.03. The number of aromatic amines is 2. The third-order valence-corrected chi connectivity index (χ3v) is 4.98. The second kappa shape index (κ2) is 7.42. The first-order chi connectivity index (χ1) is 14.3. The number of hydrogen-bond acceptors (Lipinski definition) is 3. The molecule has 0 spiro atoms. The first kappa shape index (κ1) is 19.8. The summed E-state index contributed by atoms with van der Waals surface area (Å²) in [5, 5.41) is 8.98. The summed E-state index contributed by atoms with van der Waals surface area (Å²) < 4.78 is 42.8. The first-order valence-electron chi connectivity index (χ1n) is 8.79. The van der Waals surface area contributed by atoms with Crippen LogP contribution in [-0.4, -0.2) is 20.0 Å². The first-order valence-corrected chi connectivity index (χ1v) is 9.17. The Hall–Kier alpha value is -3.46. The van der Waals surface area contributed by atoms with Crippen LogP contribution in [0.15, 0.2) is 65.6 Å². The molecule has 0 saturated heterocycles. The summed E-state index contributed by atoms with van der Waals surface area (Å²) in [6, 6.07) is 14.2. The van der Waals surface area contributed by atoms with Gasteiger partial charge in [-0.05, 0) is 29.8 Å². The lowest BCUT2D eigenvalue weighted by Gasteiger charge is -2.18. The maximum atomic E-state index is 14.0. The number of aromatic nitrogens is 4. The standard InChI is InChI=1S/C20H15ClF3N5O/c21-12-8-6-11(7-9-12)15(14-10-26-27-18(14)25)16-17(20(22,23)24)28-29(19(16)30)13-4-2-1-3-5-13/h1-10,15,28H,(H3,25,26,27). The lowest BCUT2D eigenvalue weighted by Crippen LogP contribution is -2.22. The summed E-state index contributed by atoms with van der Waals surface area (Å²) in [4.78, 5) is 13.3. The molecule has 0 aliphatic heterocycles. The molecule has 4 N–H and O–H groups in total. The summed E-state index contributed by atoms with van der Waals surface area (Å²) >= 11 is 5.94. The molecule has 2 heterocycles. The molecule has 0 radical (unpaired) electrons. The molecule has 0 bridgehead atoms. The zero-order valence-corrected chi connectivity index (χ0v) is 16.0.